The van der Waals surface area contributed by atoms with Gasteiger partial charge in [0.1, 0.15) is 0 Å². The van der Waals surface area contributed by atoms with E-state index in [0.717, 1.165) is 0 Å². The van der Waals surface area contributed by atoms with Crippen LogP contribution in [0.1, 0.15) is 69.4 Å². The summed E-state index contributed by atoms with van der Waals surface area (Å²) in [4.78, 5) is 0. The number of rotatable bonds is 3. The van der Waals surface area contributed by atoms with Gasteiger partial charge in [0.25, 0.3) is 0 Å². The first-order chi connectivity index (χ1) is 26.4. The second-order valence-corrected chi connectivity index (χ2v) is 18.0. The van der Waals surface area contributed by atoms with Gasteiger partial charge in [0.2, 0.25) is 0 Å². The third-order valence-electron chi connectivity index (χ3n) is 10.5. The van der Waals surface area contributed by atoms with Crippen molar-refractivity contribution in [2.24, 2.45) is 0 Å². The Kier molecular flexibility index (Phi) is 14.2. The summed E-state index contributed by atoms with van der Waals surface area (Å²) in [5, 5.41) is 10.8. The van der Waals surface area contributed by atoms with Crippen LogP contribution in [0.3, 0.4) is 0 Å². The van der Waals surface area contributed by atoms with Crippen LogP contribution in [0.25, 0.3) is 54.2 Å². The number of hydrogen-bond donors (Lipinski definition) is 0. The molecule has 9 aromatic carbocycles. The monoisotopic (exact) mass is 858 g/mol. The van der Waals surface area contributed by atoms with E-state index in [0.29, 0.717) is 0 Å². The minimum atomic E-state index is 0. The van der Waals surface area contributed by atoms with E-state index in [4.69, 9.17) is 0 Å². The molecule has 0 spiro atoms. The van der Waals surface area contributed by atoms with Gasteiger partial charge in [-0.25, -0.2) is 0 Å². The molecule has 0 nitrogen and oxygen atoms in total. The second kappa shape index (κ2) is 18.5. The van der Waals surface area contributed by atoms with Crippen molar-refractivity contribution in [2.45, 2.75) is 59.3 Å². The quantitative estimate of drug-likeness (QED) is 0.156. The molecule has 0 fully saturated rings. The molecule has 0 N–H and O–H groups in total. The average molecular weight is 861 g/mol. The molecule has 0 amide bonds. The number of halogens is 2. The van der Waals surface area contributed by atoms with Gasteiger partial charge in [0.05, 0.1) is 0 Å². The maximum atomic E-state index is 2.35. The zero-order valence-corrected chi connectivity index (χ0v) is 38.0. The van der Waals surface area contributed by atoms with Crippen LogP contribution in [0, 0.1) is 6.92 Å². The SMILES string of the molecule is CC(C)(C)c1ccc2c(c1)[cH-]c1cc(C(C)(C)C)ccc12.Cc1cc2c(-c3cccc4ccccc34)cccc2[cH-]1.[Cl-].[Cl-].[Zr+2]=[C](c1ccccc1)c1ccccc1. The summed E-state index contributed by atoms with van der Waals surface area (Å²) in [6, 6.07) is 63.5. The molecular formula is C54H50Cl2Zr-2. The van der Waals surface area contributed by atoms with Crippen LogP contribution < -0.4 is 24.8 Å². The number of benzene rings is 7. The third-order valence-corrected chi connectivity index (χ3v) is 12.0. The molecule has 286 valence electrons. The molecule has 0 aliphatic rings. The van der Waals surface area contributed by atoms with Crippen molar-refractivity contribution in [1.82, 2.24) is 0 Å². The van der Waals surface area contributed by atoms with Crippen molar-refractivity contribution < 1.29 is 49.0 Å². The van der Waals surface area contributed by atoms with Crippen LogP contribution in [0.2, 0.25) is 0 Å². The van der Waals surface area contributed by atoms with Crippen molar-refractivity contribution in [3.63, 3.8) is 0 Å². The third kappa shape index (κ3) is 10.0. The number of aryl methyl sites for hydroxylation is 1. The fraction of sp³-hybridized carbons (Fsp3) is 0.167. The van der Waals surface area contributed by atoms with E-state index in [1.54, 1.807) is 0 Å². The van der Waals surface area contributed by atoms with E-state index >= 15 is 0 Å². The predicted octanol–water partition coefficient (Wildman–Crippen LogP) is 8.80. The molecule has 3 heteroatoms. The van der Waals surface area contributed by atoms with Crippen molar-refractivity contribution in [2.75, 3.05) is 0 Å². The Morgan fingerprint density at radius 3 is 1.40 bits per heavy atom. The fourth-order valence-corrected chi connectivity index (χ4v) is 8.23. The van der Waals surface area contributed by atoms with Gasteiger partial charge in [-0.05, 0) is 27.2 Å². The Bertz CT molecular complexity index is 2620. The molecule has 0 radical (unpaired) electrons. The summed E-state index contributed by atoms with van der Waals surface area (Å²) in [5.41, 5.74) is 9.85. The first-order valence-corrected chi connectivity index (χ1v) is 20.6. The molecule has 0 aromatic heterocycles. The zero-order chi connectivity index (χ0) is 38.7. The molecule has 0 aliphatic heterocycles. The summed E-state index contributed by atoms with van der Waals surface area (Å²) >= 11 is 1.46. The standard InChI is InChI=1S/C21H25.C20H15.C13H10.2ClH.Zr/c1-20(2,3)16-7-9-18-14(12-16)11-15-13-17(21(4,5)6)8-10-19(15)18;1-14-12-16-8-5-11-19(20(16)13-14)18-10-4-7-15-6-2-3-9-17(15)18;1-3-7-12(8-4-1)11-13-9-5-2-6-10-13;;;/h7-13H,1-6H3;2-13H,1H3;1-10H;2*1H;/q2*-1;;;;+2/p-2. The summed E-state index contributed by atoms with van der Waals surface area (Å²) in [6.45, 7) is 15.8. The Hall–Kier alpha value is -4.39. The molecule has 0 saturated carbocycles. The molecule has 0 heterocycles. The molecule has 9 aromatic rings. The maximum absolute atomic E-state index is 2.35. The van der Waals surface area contributed by atoms with E-state index in [1.165, 1.54) is 109 Å². The minimum absolute atomic E-state index is 0. The second-order valence-electron chi connectivity index (χ2n) is 16.7. The van der Waals surface area contributed by atoms with E-state index in [9.17, 15) is 0 Å². The zero-order valence-electron chi connectivity index (χ0n) is 34.0. The van der Waals surface area contributed by atoms with E-state index < -0.39 is 0 Å². The molecule has 57 heavy (non-hydrogen) atoms. The van der Waals surface area contributed by atoms with E-state index in [2.05, 4.69) is 224 Å². The number of fused-ring (bicyclic) bond motifs is 5. The first kappa shape index (κ1) is 43.7. The molecule has 0 aliphatic carbocycles. The van der Waals surface area contributed by atoms with Gasteiger partial charge < -0.3 is 24.8 Å². The molecule has 0 atom stereocenters. The average Bonchev–Trinajstić information content (AvgIpc) is 3.77. The molecule has 0 saturated heterocycles. The summed E-state index contributed by atoms with van der Waals surface area (Å²) in [6.07, 6.45) is 0. The van der Waals surface area contributed by atoms with Crippen molar-refractivity contribution >= 4 is 46.3 Å². The van der Waals surface area contributed by atoms with E-state index in [1.807, 2.05) is 0 Å². The van der Waals surface area contributed by atoms with Gasteiger partial charge in [-0.2, -0.15) is 6.07 Å². The van der Waals surface area contributed by atoms with Crippen molar-refractivity contribution in [3.8, 4) is 11.1 Å². The topological polar surface area (TPSA) is 0 Å². The summed E-state index contributed by atoms with van der Waals surface area (Å²) in [7, 11) is 0. The fourth-order valence-electron chi connectivity index (χ4n) is 7.41. The van der Waals surface area contributed by atoms with Gasteiger partial charge >= 0.3 is 99.2 Å². The van der Waals surface area contributed by atoms with Crippen LogP contribution in [0.5, 0.6) is 0 Å². The van der Waals surface area contributed by atoms with Gasteiger partial charge in [-0.15, -0.1) is 74.3 Å². The Labute approximate surface area is 366 Å². The van der Waals surface area contributed by atoms with Crippen LogP contribution in [-0.2, 0) is 35.1 Å². The predicted molar refractivity (Wildman–Crippen MR) is 238 cm³/mol. The van der Waals surface area contributed by atoms with Crippen molar-refractivity contribution in [1.29, 1.82) is 0 Å². The van der Waals surface area contributed by atoms with Gasteiger partial charge in [0, 0.05) is 0 Å². The molecule has 9 rings (SSSR count). The first-order valence-electron chi connectivity index (χ1n) is 19.3. The molecular weight excluding hydrogens is 811 g/mol. The van der Waals surface area contributed by atoms with Crippen LogP contribution in [0.4, 0.5) is 0 Å². The Morgan fingerprint density at radius 1 is 0.421 bits per heavy atom. The van der Waals surface area contributed by atoms with Crippen molar-refractivity contribution in [3.05, 3.63) is 204 Å². The van der Waals surface area contributed by atoms with Gasteiger partial charge in [-0.3, -0.25) is 0 Å². The van der Waals surface area contributed by atoms with E-state index in [-0.39, 0.29) is 35.6 Å². The Balaban J connectivity index is 0.000000164. The van der Waals surface area contributed by atoms with Crippen LogP contribution in [-0.4, -0.2) is 3.21 Å². The van der Waals surface area contributed by atoms with Crippen LogP contribution in [0.15, 0.2) is 176 Å². The normalized spacial score (nSPS) is 11.2. The summed E-state index contributed by atoms with van der Waals surface area (Å²) < 4.78 is 1.42. The molecule has 0 unspecified atom stereocenters. The Morgan fingerprint density at radius 2 is 0.877 bits per heavy atom. The van der Waals surface area contributed by atoms with Gasteiger partial charge in [-0.1, -0.05) is 138 Å². The van der Waals surface area contributed by atoms with Gasteiger partial charge in [0.15, 0.2) is 0 Å². The summed E-state index contributed by atoms with van der Waals surface area (Å²) in [5.74, 6) is 0. The number of hydrogen-bond acceptors (Lipinski definition) is 0. The van der Waals surface area contributed by atoms with Crippen LogP contribution >= 0.6 is 0 Å². The molecule has 0 bridgehead atoms.